The van der Waals surface area contributed by atoms with Gasteiger partial charge in [-0.1, -0.05) is 28.1 Å². The third-order valence-electron chi connectivity index (χ3n) is 2.70. The largest absolute Gasteiger partial charge is 0.337 e. The normalized spacial score (nSPS) is 11.1. The molecule has 0 fully saturated rings. The molecule has 2 rings (SSSR count). The van der Waals surface area contributed by atoms with E-state index in [0.29, 0.717) is 0 Å². The summed E-state index contributed by atoms with van der Waals surface area (Å²) in [6.45, 7) is 1.79. The van der Waals surface area contributed by atoms with Gasteiger partial charge in [-0.2, -0.15) is 0 Å². The third kappa shape index (κ3) is 3.41. The van der Waals surface area contributed by atoms with Gasteiger partial charge in [0.05, 0.1) is 6.54 Å². The van der Waals surface area contributed by atoms with Crippen LogP contribution in [0.4, 0.5) is 0 Å². The predicted molar refractivity (Wildman–Crippen MR) is 72.5 cm³/mol. The van der Waals surface area contributed by atoms with E-state index in [1.165, 1.54) is 5.56 Å². The average molecular weight is 294 g/mol. The van der Waals surface area contributed by atoms with Crippen molar-refractivity contribution in [1.82, 2.24) is 14.5 Å². The highest BCUT2D eigenvalue weighted by atomic mass is 79.9. The van der Waals surface area contributed by atoms with E-state index in [-0.39, 0.29) is 0 Å². The predicted octanol–water partition coefficient (Wildman–Crippen LogP) is 2.81. The van der Waals surface area contributed by atoms with E-state index >= 15 is 0 Å². The van der Waals surface area contributed by atoms with Crippen LogP contribution in [0.15, 0.2) is 41.1 Å². The van der Waals surface area contributed by atoms with E-state index in [1.807, 2.05) is 19.4 Å². The van der Waals surface area contributed by atoms with Crippen LogP contribution in [0, 0.1) is 0 Å². The number of benzene rings is 1. The van der Waals surface area contributed by atoms with Crippen molar-refractivity contribution in [1.29, 1.82) is 0 Å². The maximum absolute atomic E-state index is 4.33. The first-order valence-corrected chi connectivity index (χ1v) is 6.33. The second-order valence-electron chi connectivity index (χ2n) is 4.25. The van der Waals surface area contributed by atoms with Crippen molar-refractivity contribution in [2.24, 2.45) is 7.05 Å². The fourth-order valence-corrected chi connectivity index (χ4v) is 2.01. The molecule has 0 atom stereocenters. The van der Waals surface area contributed by atoms with E-state index in [4.69, 9.17) is 0 Å². The molecule has 0 N–H and O–H groups in total. The molecule has 0 aliphatic heterocycles. The molecule has 2 aromatic rings. The minimum absolute atomic E-state index is 0.861. The molecule has 0 aliphatic rings. The third-order valence-corrected chi connectivity index (χ3v) is 3.23. The SMILES string of the molecule is CN(Cc1ccc(Br)cc1)Cc1nccn1C. The molecule has 4 heteroatoms. The Kier molecular flexibility index (Phi) is 3.97. The van der Waals surface area contributed by atoms with Gasteiger partial charge in [-0.15, -0.1) is 0 Å². The Morgan fingerprint density at radius 1 is 1.24 bits per heavy atom. The number of nitrogens with zero attached hydrogens (tertiary/aromatic N) is 3. The first-order valence-electron chi connectivity index (χ1n) is 5.54. The molecule has 90 valence electrons. The van der Waals surface area contributed by atoms with Crippen LogP contribution in [-0.2, 0) is 20.1 Å². The molecule has 0 saturated heterocycles. The van der Waals surface area contributed by atoms with Crippen molar-refractivity contribution < 1.29 is 0 Å². The van der Waals surface area contributed by atoms with Gasteiger partial charge >= 0.3 is 0 Å². The molecule has 0 amide bonds. The quantitative estimate of drug-likeness (QED) is 0.864. The maximum atomic E-state index is 4.33. The highest BCUT2D eigenvalue weighted by Crippen LogP contribution is 2.12. The Morgan fingerprint density at radius 2 is 1.94 bits per heavy atom. The molecule has 0 bridgehead atoms. The first-order chi connectivity index (χ1) is 8.15. The van der Waals surface area contributed by atoms with Gasteiger partial charge in [0.25, 0.3) is 0 Å². The molecular weight excluding hydrogens is 278 g/mol. The molecule has 1 aromatic carbocycles. The molecular formula is C13H16BrN3. The van der Waals surface area contributed by atoms with Gasteiger partial charge in [0, 0.05) is 30.5 Å². The van der Waals surface area contributed by atoms with Crippen molar-refractivity contribution in [2.45, 2.75) is 13.1 Å². The second kappa shape index (κ2) is 5.47. The van der Waals surface area contributed by atoms with Gasteiger partial charge in [0.15, 0.2) is 0 Å². The van der Waals surface area contributed by atoms with E-state index in [2.05, 4.69) is 61.7 Å². The lowest BCUT2D eigenvalue weighted by atomic mass is 10.2. The molecule has 1 aromatic heterocycles. The number of rotatable bonds is 4. The van der Waals surface area contributed by atoms with E-state index < -0.39 is 0 Å². The summed E-state index contributed by atoms with van der Waals surface area (Å²) in [4.78, 5) is 6.58. The van der Waals surface area contributed by atoms with Crippen LogP contribution >= 0.6 is 15.9 Å². The molecule has 0 unspecified atom stereocenters. The van der Waals surface area contributed by atoms with Crippen molar-refractivity contribution in [3.05, 3.63) is 52.5 Å². The van der Waals surface area contributed by atoms with Crippen LogP contribution in [0.25, 0.3) is 0 Å². The van der Waals surface area contributed by atoms with Crippen LogP contribution < -0.4 is 0 Å². The Bertz CT molecular complexity index is 476. The zero-order valence-electron chi connectivity index (χ0n) is 10.1. The summed E-state index contributed by atoms with van der Waals surface area (Å²) in [6, 6.07) is 8.42. The molecule has 0 aliphatic carbocycles. The highest BCUT2D eigenvalue weighted by molar-refractivity contribution is 9.10. The summed E-state index contributed by atoms with van der Waals surface area (Å²) in [5, 5.41) is 0. The summed E-state index contributed by atoms with van der Waals surface area (Å²) < 4.78 is 3.17. The van der Waals surface area contributed by atoms with E-state index in [9.17, 15) is 0 Å². The second-order valence-corrected chi connectivity index (χ2v) is 5.17. The molecule has 1 heterocycles. The van der Waals surface area contributed by atoms with Crippen LogP contribution in [-0.4, -0.2) is 21.5 Å². The lowest BCUT2D eigenvalue weighted by Crippen LogP contribution is -2.19. The van der Waals surface area contributed by atoms with E-state index in [0.717, 1.165) is 23.4 Å². The van der Waals surface area contributed by atoms with Crippen molar-refractivity contribution >= 4 is 15.9 Å². The van der Waals surface area contributed by atoms with E-state index in [1.54, 1.807) is 0 Å². The molecule has 0 radical (unpaired) electrons. The number of aryl methyl sites for hydroxylation is 1. The number of hydrogen-bond acceptors (Lipinski definition) is 2. The Morgan fingerprint density at radius 3 is 2.53 bits per heavy atom. The zero-order valence-corrected chi connectivity index (χ0v) is 11.7. The Hall–Kier alpha value is -1.13. The minimum Gasteiger partial charge on any atom is -0.337 e. The van der Waals surface area contributed by atoms with Gasteiger partial charge < -0.3 is 4.57 Å². The number of imidazole rings is 1. The summed E-state index contributed by atoms with van der Waals surface area (Å²) in [6.07, 6.45) is 3.81. The first kappa shape index (κ1) is 12.3. The lowest BCUT2D eigenvalue weighted by molar-refractivity contribution is 0.307. The van der Waals surface area contributed by atoms with Gasteiger partial charge in [-0.25, -0.2) is 4.98 Å². The van der Waals surface area contributed by atoms with Crippen LogP contribution in [0.1, 0.15) is 11.4 Å². The number of aromatic nitrogens is 2. The van der Waals surface area contributed by atoms with Gasteiger partial charge in [-0.3, -0.25) is 4.90 Å². The van der Waals surface area contributed by atoms with Gasteiger partial charge in [0.1, 0.15) is 5.82 Å². The summed E-state index contributed by atoms with van der Waals surface area (Å²) in [7, 11) is 4.13. The van der Waals surface area contributed by atoms with Crippen molar-refractivity contribution in [2.75, 3.05) is 7.05 Å². The highest BCUT2D eigenvalue weighted by Gasteiger charge is 2.05. The van der Waals surface area contributed by atoms with Crippen LogP contribution in [0.3, 0.4) is 0 Å². The molecule has 0 saturated carbocycles. The Balaban J connectivity index is 1.95. The fraction of sp³-hybridized carbons (Fsp3) is 0.308. The molecule has 17 heavy (non-hydrogen) atoms. The number of hydrogen-bond donors (Lipinski definition) is 0. The average Bonchev–Trinajstić information content (AvgIpc) is 2.68. The number of halogens is 1. The van der Waals surface area contributed by atoms with Crippen LogP contribution in [0.2, 0.25) is 0 Å². The van der Waals surface area contributed by atoms with Crippen molar-refractivity contribution in [3.63, 3.8) is 0 Å². The molecule has 0 spiro atoms. The maximum Gasteiger partial charge on any atom is 0.122 e. The topological polar surface area (TPSA) is 21.1 Å². The molecule has 3 nitrogen and oxygen atoms in total. The summed E-state index contributed by atoms with van der Waals surface area (Å²) >= 11 is 3.44. The van der Waals surface area contributed by atoms with Crippen LogP contribution in [0.5, 0.6) is 0 Å². The van der Waals surface area contributed by atoms with Crippen molar-refractivity contribution in [3.8, 4) is 0 Å². The van der Waals surface area contributed by atoms with Gasteiger partial charge in [0.2, 0.25) is 0 Å². The lowest BCUT2D eigenvalue weighted by Gasteiger charge is -2.16. The Labute approximate surface area is 110 Å². The summed E-state index contributed by atoms with van der Waals surface area (Å²) in [5.74, 6) is 1.09. The fourth-order valence-electron chi connectivity index (χ4n) is 1.75. The monoisotopic (exact) mass is 293 g/mol. The standard InChI is InChI=1S/C13H16BrN3/c1-16(10-13-15-7-8-17(13)2)9-11-3-5-12(14)6-4-11/h3-8H,9-10H2,1-2H3. The minimum atomic E-state index is 0.861. The van der Waals surface area contributed by atoms with Gasteiger partial charge in [-0.05, 0) is 24.7 Å². The zero-order chi connectivity index (χ0) is 12.3. The smallest absolute Gasteiger partial charge is 0.122 e. The summed E-state index contributed by atoms with van der Waals surface area (Å²) in [5.41, 5.74) is 1.31.